The van der Waals surface area contributed by atoms with E-state index in [1.54, 1.807) is 60.7 Å². The number of hydrogen-bond donors (Lipinski definition) is 2. The lowest BCUT2D eigenvalue weighted by Gasteiger charge is -2.12. The fourth-order valence-corrected chi connectivity index (χ4v) is 4.45. The quantitative estimate of drug-likeness (QED) is 0.141. The van der Waals surface area contributed by atoms with Crippen LogP contribution in [0.3, 0.4) is 0 Å². The molecule has 0 saturated carbocycles. The van der Waals surface area contributed by atoms with E-state index in [2.05, 4.69) is 22.8 Å². The first-order valence-corrected chi connectivity index (χ1v) is 13.9. The summed E-state index contributed by atoms with van der Waals surface area (Å²) in [7, 11) is 0. The van der Waals surface area contributed by atoms with Crippen LogP contribution in [-0.2, 0) is 4.79 Å². The molecule has 210 valence electrons. The van der Waals surface area contributed by atoms with Gasteiger partial charge in [-0.3, -0.25) is 14.4 Å². The minimum Gasteiger partial charge on any atom is -0.321 e. The maximum atomic E-state index is 13.3. The summed E-state index contributed by atoms with van der Waals surface area (Å²) in [5.74, 6) is -1.02. The molecule has 0 fully saturated rings. The Kier molecular flexibility index (Phi) is 9.15. The van der Waals surface area contributed by atoms with Crippen molar-refractivity contribution < 1.29 is 14.4 Å². The molecule has 43 heavy (non-hydrogen) atoms. The molecule has 0 spiro atoms. The molecule has 0 saturated heterocycles. The van der Waals surface area contributed by atoms with Gasteiger partial charge in [-0.25, -0.2) is 0 Å². The Morgan fingerprint density at radius 2 is 1.21 bits per heavy atom. The van der Waals surface area contributed by atoms with Crippen LogP contribution in [0.2, 0.25) is 0 Å². The average molecular weight is 563 g/mol. The monoisotopic (exact) mass is 562 g/mol. The predicted octanol–water partition coefficient (Wildman–Crippen LogP) is 7.97. The Morgan fingerprint density at radius 1 is 0.605 bits per heavy atom. The zero-order valence-electron chi connectivity index (χ0n) is 23.7. The van der Waals surface area contributed by atoms with Crippen LogP contribution in [0.15, 0.2) is 145 Å². The molecule has 0 aliphatic heterocycles. The molecule has 0 aromatic heterocycles. The SMILES string of the molecule is Cc1ccccc1/C=C(\NC(=O)c1ccccc1)C(=O)Nc1ccc(C(=O)/C=C/c2ccc(-c3ccccc3)cc2)cc1. The second kappa shape index (κ2) is 13.7. The van der Waals surface area contributed by atoms with Crippen molar-refractivity contribution in [1.82, 2.24) is 5.32 Å². The van der Waals surface area contributed by atoms with Crippen LogP contribution in [-0.4, -0.2) is 17.6 Å². The lowest BCUT2D eigenvalue weighted by atomic mass is 10.0. The Morgan fingerprint density at radius 3 is 1.88 bits per heavy atom. The van der Waals surface area contributed by atoms with Crippen LogP contribution < -0.4 is 10.6 Å². The van der Waals surface area contributed by atoms with E-state index in [1.807, 2.05) is 79.7 Å². The second-order valence-corrected chi connectivity index (χ2v) is 9.95. The zero-order valence-corrected chi connectivity index (χ0v) is 23.7. The highest BCUT2D eigenvalue weighted by Crippen LogP contribution is 2.20. The molecule has 0 radical (unpaired) electrons. The van der Waals surface area contributed by atoms with E-state index in [-0.39, 0.29) is 11.5 Å². The van der Waals surface area contributed by atoms with Gasteiger partial charge in [-0.15, -0.1) is 0 Å². The van der Waals surface area contributed by atoms with Gasteiger partial charge < -0.3 is 10.6 Å². The van der Waals surface area contributed by atoms with Crippen LogP contribution in [0.4, 0.5) is 5.69 Å². The van der Waals surface area contributed by atoms with Gasteiger partial charge >= 0.3 is 0 Å². The first kappa shape index (κ1) is 28.7. The maximum absolute atomic E-state index is 13.3. The van der Waals surface area contributed by atoms with Gasteiger partial charge in [0, 0.05) is 16.8 Å². The number of carbonyl (C=O) groups is 3. The van der Waals surface area contributed by atoms with Crippen molar-refractivity contribution in [2.45, 2.75) is 6.92 Å². The average Bonchev–Trinajstić information content (AvgIpc) is 3.05. The molecular formula is C38H30N2O3. The summed E-state index contributed by atoms with van der Waals surface area (Å²) in [5.41, 5.74) is 6.46. The summed E-state index contributed by atoms with van der Waals surface area (Å²) in [4.78, 5) is 39.0. The normalized spacial score (nSPS) is 11.2. The van der Waals surface area contributed by atoms with Crippen molar-refractivity contribution in [3.8, 4) is 11.1 Å². The molecule has 0 unspecified atom stereocenters. The highest BCUT2D eigenvalue weighted by molar-refractivity contribution is 6.11. The number of benzene rings is 5. The first-order chi connectivity index (χ1) is 21.0. The molecule has 5 aromatic carbocycles. The lowest BCUT2D eigenvalue weighted by Crippen LogP contribution is -2.30. The maximum Gasteiger partial charge on any atom is 0.272 e. The van der Waals surface area contributed by atoms with Crippen molar-refractivity contribution >= 4 is 35.4 Å². The van der Waals surface area contributed by atoms with Gasteiger partial charge in [-0.2, -0.15) is 0 Å². The molecule has 2 amide bonds. The Labute approximate surface area is 251 Å². The molecule has 0 aliphatic rings. The molecule has 0 heterocycles. The predicted molar refractivity (Wildman–Crippen MR) is 173 cm³/mol. The van der Waals surface area contributed by atoms with Gasteiger partial charge in [0.15, 0.2) is 5.78 Å². The number of rotatable bonds is 9. The van der Waals surface area contributed by atoms with E-state index in [0.29, 0.717) is 16.8 Å². The van der Waals surface area contributed by atoms with Crippen molar-refractivity contribution in [2.75, 3.05) is 5.32 Å². The van der Waals surface area contributed by atoms with Crippen LogP contribution in [0.1, 0.15) is 37.4 Å². The number of ketones is 1. The van der Waals surface area contributed by atoms with Crippen LogP contribution in [0, 0.1) is 6.92 Å². The summed E-state index contributed by atoms with van der Waals surface area (Å²) in [5, 5.41) is 5.58. The minimum absolute atomic E-state index is 0.101. The standard InChI is InChI=1S/C38H30N2O3/c1-27-10-8-9-15-33(27)26-35(40-37(42)32-13-6-3-7-14-32)38(43)39-34-23-21-31(22-24-34)36(41)25-18-28-16-19-30(20-17-28)29-11-4-2-5-12-29/h2-26H,1H3,(H,39,43)(H,40,42)/b25-18+,35-26-. The van der Waals surface area contributed by atoms with E-state index >= 15 is 0 Å². The van der Waals surface area contributed by atoms with Gasteiger partial charge in [0.25, 0.3) is 11.8 Å². The summed E-state index contributed by atoms with van der Waals surface area (Å²) < 4.78 is 0. The number of nitrogens with one attached hydrogen (secondary N) is 2. The Hall–Kier alpha value is -5.81. The number of anilines is 1. The molecule has 2 N–H and O–H groups in total. The summed E-state index contributed by atoms with van der Waals surface area (Å²) in [6, 6.07) is 41.1. The van der Waals surface area contributed by atoms with Gasteiger partial charge in [0.2, 0.25) is 0 Å². The van der Waals surface area contributed by atoms with Crippen LogP contribution in [0.5, 0.6) is 0 Å². The zero-order chi connectivity index (χ0) is 30.0. The minimum atomic E-state index is -0.481. The molecule has 0 aliphatic carbocycles. The van der Waals surface area contributed by atoms with Gasteiger partial charge in [0.05, 0.1) is 0 Å². The van der Waals surface area contributed by atoms with Crippen LogP contribution >= 0.6 is 0 Å². The fraction of sp³-hybridized carbons (Fsp3) is 0.0263. The second-order valence-electron chi connectivity index (χ2n) is 9.95. The topological polar surface area (TPSA) is 75.3 Å². The van der Waals surface area contributed by atoms with E-state index in [0.717, 1.165) is 27.8 Å². The molecule has 0 atom stereocenters. The number of carbonyl (C=O) groups excluding carboxylic acids is 3. The van der Waals surface area contributed by atoms with Gasteiger partial charge in [-0.05, 0) is 83.3 Å². The third-order valence-corrected chi connectivity index (χ3v) is 6.89. The molecule has 5 aromatic rings. The van der Waals surface area contributed by atoms with E-state index in [1.165, 1.54) is 6.08 Å². The third-order valence-electron chi connectivity index (χ3n) is 6.89. The highest BCUT2D eigenvalue weighted by Gasteiger charge is 2.16. The number of aryl methyl sites for hydroxylation is 1. The highest BCUT2D eigenvalue weighted by atomic mass is 16.2. The van der Waals surface area contributed by atoms with E-state index in [4.69, 9.17) is 0 Å². The van der Waals surface area contributed by atoms with E-state index in [9.17, 15) is 14.4 Å². The Balaban J connectivity index is 1.26. The van der Waals surface area contributed by atoms with E-state index < -0.39 is 11.8 Å². The molecule has 5 rings (SSSR count). The Bertz CT molecular complexity index is 1790. The van der Waals surface area contributed by atoms with Crippen molar-refractivity contribution in [3.05, 3.63) is 173 Å². The summed E-state index contributed by atoms with van der Waals surface area (Å²) in [6.45, 7) is 1.93. The van der Waals surface area contributed by atoms with Crippen molar-refractivity contribution in [1.29, 1.82) is 0 Å². The van der Waals surface area contributed by atoms with Crippen molar-refractivity contribution in [2.24, 2.45) is 0 Å². The van der Waals surface area contributed by atoms with Crippen LogP contribution in [0.25, 0.3) is 23.3 Å². The number of allylic oxidation sites excluding steroid dienone is 1. The smallest absolute Gasteiger partial charge is 0.272 e. The third kappa shape index (κ3) is 7.69. The first-order valence-electron chi connectivity index (χ1n) is 13.9. The number of hydrogen-bond acceptors (Lipinski definition) is 3. The summed E-state index contributed by atoms with van der Waals surface area (Å²) >= 11 is 0. The van der Waals surface area contributed by atoms with Gasteiger partial charge in [-0.1, -0.05) is 103 Å². The summed E-state index contributed by atoms with van der Waals surface area (Å²) in [6.07, 6.45) is 4.97. The lowest BCUT2D eigenvalue weighted by molar-refractivity contribution is -0.113. The molecule has 5 heteroatoms. The molecule has 5 nitrogen and oxygen atoms in total. The largest absolute Gasteiger partial charge is 0.321 e. The number of amides is 2. The fourth-order valence-electron chi connectivity index (χ4n) is 4.45. The van der Waals surface area contributed by atoms with Gasteiger partial charge in [0.1, 0.15) is 5.70 Å². The molecule has 0 bridgehead atoms. The molecular weight excluding hydrogens is 532 g/mol. The van der Waals surface area contributed by atoms with Crippen molar-refractivity contribution in [3.63, 3.8) is 0 Å².